The Balaban J connectivity index is 2.46. The molecule has 1 radical (unpaired) electrons. The summed E-state index contributed by atoms with van der Waals surface area (Å²) in [5, 5.41) is 0. The van der Waals surface area contributed by atoms with Crippen molar-refractivity contribution in [2.24, 2.45) is 0 Å². The first-order valence-corrected chi connectivity index (χ1v) is 3.18. The van der Waals surface area contributed by atoms with Crippen molar-refractivity contribution >= 4 is 0 Å². The van der Waals surface area contributed by atoms with Crippen LogP contribution in [-0.2, 0) is 0 Å². The molecule has 0 atom stereocenters. The molecule has 3 nitrogen and oxygen atoms in total. The molecule has 0 aromatic carbocycles. The third kappa shape index (κ3) is 1.12. The zero-order valence-corrected chi connectivity index (χ0v) is 5.69. The van der Waals surface area contributed by atoms with Crippen molar-refractivity contribution in [3.05, 3.63) is 37.1 Å². The Morgan fingerprint density at radius 2 is 2.36 bits per heavy atom. The molecule has 3 heteroatoms. The van der Waals surface area contributed by atoms with Crippen molar-refractivity contribution < 1.29 is 4.42 Å². The second kappa shape index (κ2) is 2.54. The molecule has 0 aliphatic heterocycles. The average molecular weight is 145 g/mol. The van der Waals surface area contributed by atoms with Gasteiger partial charge in [0.1, 0.15) is 12.0 Å². The quantitative estimate of drug-likeness (QED) is 0.610. The third-order valence-electron chi connectivity index (χ3n) is 1.30. The van der Waals surface area contributed by atoms with Crippen LogP contribution in [0.2, 0.25) is 0 Å². The molecule has 2 aromatic rings. The van der Waals surface area contributed by atoms with E-state index in [4.69, 9.17) is 4.42 Å². The number of hydrogen-bond donors (Lipinski definition) is 0. The second-order valence-corrected chi connectivity index (χ2v) is 2.03. The fraction of sp³-hybridized carbons (Fsp3) is 0. The molecule has 0 aliphatic rings. The van der Waals surface area contributed by atoms with Gasteiger partial charge in [-0.1, -0.05) is 6.07 Å². The van der Waals surface area contributed by atoms with Crippen LogP contribution in [-0.4, -0.2) is 9.97 Å². The number of oxazole rings is 1. The van der Waals surface area contributed by atoms with Crippen molar-refractivity contribution in [2.75, 3.05) is 0 Å². The van der Waals surface area contributed by atoms with Crippen molar-refractivity contribution in [2.45, 2.75) is 0 Å². The highest BCUT2D eigenvalue weighted by atomic mass is 16.3. The van der Waals surface area contributed by atoms with Crippen LogP contribution in [0.25, 0.3) is 11.4 Å². The maximum Gasteiger partial charge on any atom is 0.181 e. The zero-order chi connectivity index (χ0) is 7.52. The average Bonchev–Trinajstić information content (AvgIpc) is 2.58. The number of rotatable bonds is 1. The minimum atomic E-state index is 0.738. The maximum atomic E-state index is 4.80. The summed E-state index contributed by atoms with van der Waals surface area (Å²) in [6, 6.07) is 5.45. The Hall–Kier alpha value is -1.64. The normalized spacial score (nSPS) is 9.82. The van der Waals surface area contributed by atoms with Gasteiger partial charge in [0.2, 0.25) is 0 Å². The first-order chi connectivity index (χ1) is 5.47. The summed E-state index contributed by atoms with van der Waals surface area (Å²) < 4.78 is 4.80. The van der Waals surface area contributed by atoms with Gasteiger partial charge in [-0.25, -0.2) is 9.97 Å². The van der Waals surface area contributed by atoms with Crippen molar-refractivity contribution in [1.82, 2.24) is 9.97 Å². The summed E-state index contributed by atoms with van der Waals surface area (Å²) in [5.74, 6) is 0. The zero-order valence-electron chi connectivity index (χ0n) is 5.69. The highest BCUT2D eigenvalue weighted by Crippen LogP contribution is 2.11. The van der Waals surface area contributed by atoms with Gasteiger partial charge in [0.25, 0.3) is 0 Å². The van der Waals surface area contributed by atoms with E-state index in [1.54, 1.807) is 12.3 Å². The lowest BCUT2D eigenvalue weighted by Crippen LogP contribution is -1.80. The molecule has 2 rings (SSSR count). The predicted molar refractivity (Wildman–Crippen MR) is 38.6 cm³/mol. The Labute approximate surface area is 63.7 Å². The molecular weight excluding hydrogens is 140 g/mol. The first-order valence-electron chi connectivity index (χ1n) is 3.18. The summed E-state index contributed by atoms with van der Waals surface area (Å²) in [6.45, 7) is 0. The fourth-order valence-electron chi connectivity index (χ4n) is 0.808. The topological polar surface area (TPSA) is 38.9 Å². The van der Waals surface area contributed by atoms with Crippen LogP contribution in [0.3, 0.4) is 0 Å². The van der Waals surface area contributed by atoms with Crippen molar-refractivity contribution in [1.29, 1.82) is 0 Å². The SMILES string of the molecule is [c]1cccc(-c2cocn2)n1. The van der Waals surface area contributed by atoms with Crippen LogP contribution in [0.5, 0.6) is 0 Å². The fourth-order valence-corrected chi connectivity index (χ4v) is 0.808. The van der Waals surface area contributed by atoms with Crippen LogP contribution in [0, 0.1) is 6.20 Å². The van der Waals surface area contributed by atoms with Gasteiger partial charge in [-0.3, -0.25) is 0 Å². The van der Waals surface area contributed by atoms with Gasteiger partial charge in [-0.2, -0.15) is 0 Å². The van der Waals surface area contributed by atoms with E-state index in [9.17, 15) is 0 Å². The van der Waals surface area contributed by atoms with Crippen molar-refractivity contribution in [3.63, 3.8) is 0 Å². The summed E-state index contributed by atoms with van der Waals surface area (Å²) in [4.78, 5) is 7.91. The Morgan fingerprint density at radius 1 is 1.36 bits per heavy atom. The monoisotopic (exact) mass is 145 g/mol. The van der Waals surface area contributed by atoms with E-state index >= 15 is 0 Å². The molecule has 0 amide bonds. The second-order valence-electron chi connectivity index (χ2n) is 2.03. The van der Waals surface area contributed by atoms with E-state index in [0.29, 0.717) is 0 Å². The third-order valence-corrected chi connectivity index (χ3v) is 1.30. The molecule has 0 aliphatic carbocycles. The largest absolute Gasteiger partial charge is 0.451 e. The number of hydrogen-bond acceptors (Lipinski definition) is 3. The lowest BCUT2D eigenvalue weighted by Gasteiger charge is -1.89. The molecule has 2 aromatic heterocycles. The molecule has 0 spiro atoms. The van der Waals surface area contributed by atoms with Gasteiger partial charge in [-0.05, 0) is 12.1 Å². The number of pyridine rings is 1. The summed E-state index contributed by atoms with van der Waals surface area (Å²) >= 11 is 0. The molecule has 0 unspecified atom stereocenters. The smallest absolute Gasteiger partial charge is 0.181 e. The first kappa shape index (κ1) is 6.09. The number of aromatic nitrogens is 2. The minimum absolute atomic E-state index is 0.738. The Bertz CT molecular complexity index is 315. The molecular formula is C8H5N2O. The lowest BCUT2D eigenvalue weighted by molar-refractivity contribution is 0.558. The van der Waals surface area contributed by atoms with Crippen LogP contribution >= 0.6 is 0 Å². The molecule has 0 saturated carbocycles. The van der Waals surface area contributed by atoms with Gasteiger partial charge in [0.05, 0.1) is 11.9 Å². The van der Waals surface area contributed by atoms with E-state index < -0.39 is 0 Å². The minimum Gasteiger partial charge on any atom is -0.451 e. The van der Waals surface area contributed by atoms with E-state index in [1.807, 2.05) is 12.1 Å². The number of nitrogens with zero attached hydrogens (tertiary/aromatic N) is 2. The standard InChI is InChI=1S/C8H5N2O/c1-2-4-9-7(3-1)8-5-11-6-10-8/h1-3,5-6H. The summed E-state index contributed by atoms with van der Waals surface area (Å²) in [7, 11) is 0. The van der Waals surface area contributed by atoms with Gasteiger partial charge < -0.3 is 4.42 Å². The van der Waals surface area contributed by atoms with Crippen LogP contribution < -0.4 is 0 Å². The molecule has 0 N–H and O–H groups in total. The van der Waals surface area contributed by atoms with E-state index in [1.165, 1.54) is 6.39 Å². The van der Waals surface area contributed by atoms with E-state index in [0.717, 1.165) is 11.4 Å². The highest BCUT2D eigenvalue weighted by molar-refractivity contribution is 5.50. The Morgan fingerprint density at radius 3 is 3.00 bits per heavy atom. The Kier molecular flexibility index (Phi) is 1.41. The molecule has 11 heavy (non-hydrogen) atoms. The maximum absolute atomic E-state index is 4.80. The van der Waals surface area contributed by atoms with E-state index in [2.05, 4.69) is 16.2 Å². The van der Waals surface area contributed by atoms with Crippen LogP contribution in [0.15, 0.2) is 35.3 Å². The van der Waals surface area contributed by atoms with Crippen LogP contribution in [0.4, 0.5) is 0 Å². The van der Waals surface area contributed by atoms with Gasteiger partial charge in [0.15, 0.2) is 6.39 Å². The molecule has 2 heterocycles. The molecule has 0 fully saturated rings. The summed E-state index contributed by atoms with van der Waals surface area (Å²) in [6.07, 6.45) is 5.65. The van der Waals surface area contributed by atoms with Gasteiger partial charge in [-0.15, -0.1) is 0 Å². The van der Waals surface area contributed by atoms with Crippen LogP contribution in [0.1, 0.15) is 0 Å². The molecule has 53 valence electrons. The van der Waals surface area contributed by atoms with Crippen molar-refractivity contribution in [3.8, 4) is 11.4 Å². The molecule has 0 bridgehead atoms. The highest BCUT2D eigenvalue weighted by Gasteiger charge is 1.98. The van der Waals surface area contributed by atoms with Gasteiger partial charge >= 0.3 is 0 Å². The predicted octanol–water partition coefficient (Wildman–Crippen LogP) is 1.54. The lowest BCUT2D eigenvalue weighted by atomic mass is 10.3. The van der Waals surface area contributed by atoms with E-state index in [-0.39, 0.29) is 0 Å². The summed E-state index contributed by atoms with van der Waals surface area (Å²) in [5.41, 5.74) is 1.52. The molecule has 0 saturated heterocycles. The van der Waals surface area contributed by atoms with Gasteiger partial charge in [0, 0.05) is 0 Å².